The van der Waals surface area contributed by atoms with Crippen LogP contribution in [-0.4, -0.2) is 30.5 Å². The first-order valence-electron chi connectivity index (χ1n) is 8.45. The van der Waals surface area contributed by atoms with Gasteiger partial charge >= 0.3 is 6.03 Å². The van der Waals surface area contributed by atoms with Crippen molar-refractivity contribution in [2.45, 2.75) is 40.0 Å². The molecule has 0 radical (unpaired) electrons. The van der Waals surface area contributed by atoms with Gasteiger partial charge in [-0.15, -0.1) is 0 Å². The minimum atomic E-state index is -0.710. The number of nitrogens with one attached hydrogen (secondary N) is 3. The molecule has 1 aromatic rings. The summed E-state index contributed by atoms with van der Waals surface area (Å²) in [6.07, 6.45) is 0.354. The van der Waals surface area contributed by atoms with Crippen LogP contribution in [-0.2, 0) is 9.59 Å². The molecule has 0 aliphatic carbocycles. The van der Waals surface area contributed by atoms with E-state index in [1.54, 1.807) is 52.1 Å². The number of carbonyl (C=O) groups excluding carboxylic acids is 3. The topological polar surface area (TPSA) is 135 Å². The van der Waals surface area contributed by atoms with E-state index in [4.69, 9.17) is 10.6 Å². The number of benzene rings is 1. The summed E-state index contributed by atoms with van der Waals surface area (Å²) >= 11 is 0. The first kappa shape index (κ1) is 22.1. The number of rotatable bonds is 8. The van der Waals surface area contributed by atoms with Crippen LogP contribution in [0.5, 0.6) is 5.75 Å². The Bertz CT molecular complexity index is 693. The number of methoxy groups -OCH3 is 1. The van der Waals surface area contributed by atoms with Gasteiger partial charge in [-0.3, -0.25) is 15.0 Å². The summed E-state index contributed by atoms with van der Waals surface area (Å²) in [5.41, 5.74) is 4.54. The average Bonchev–Trinajstić information content (AvgIpc) is 2.63. The van der Waals surface area contributed by atoms with Crippen molar-refractivity contribution in [2.75, 3.05) is 12.4 Å². The number of hydrazone groups is 1. The molecule has 0 aromatic heterocycles. The number of carbonyl (C=O) groups is 3. The van der Waals surface area contributed by atoms with Gasteiger partial charge in [0.05, 0.1) is 7.11 Å². The molecule has 0 fully saturated rings. The van der Waals surface area contributed by atoms with E-state index >= 15 is 0 Å². The van der Waals surface area contributed by atoms with Crippen LogP contribution >= 0.6 is 0 Å². The van der Waals surface area contributed by atoms with Crippen molar-refractivity contribution in [3.05, 3.63) is 24.3 Å². The van der Waals surface area contributed by atoms with Crippen LogP contribution in [0, 0.1) is 5.41 Å². The molecule has 148 valence electrons. The summed E-state index contributed by atoms with van der Waals surface area (Å²) in [6, 6.07) is 6.21. The number of ketones is 1. The van der Waals surface area contributed by atoms with Crippen molar-refractivity contribution in [3.63, 3.8) is 0 Å². The van der Waals surface area contributed by atoms with Gasteiger partial charge < -0.3 is 10.1 Å². The molecule has 0 spiro atoms. The highest BCUT2D eigenvalue weighted by Crippen LogP contribution is 2.18. The van der Waals surface area contributed by atoms with Crippen molar-refractivity contribution >= 4 is 29.1 Å². The van der Waals surface area contributed by atoms with Crippen molar-refractivity contribution in [1.29, 1.82) is 0 Å². The van der Waals surface area contributed by atoms with Gasteiger partial charge in [-0.25, -0.2) is 16.1 Å². The van der Waals surface area contributed by atoms with Crippen LogP contribution in [0.15, 0.2) is 29.4 Å². The molecule has 27 heavy (non-hydrogen) atoms. The summed E-state index contributed by atoms with van der Waals surface area (Å²) in [5.74, 6) is 5.39. The van der Waals surface area contributed by atoms with E-state index in [0.29, 0.717) is 17.1 Å². The van der Waals surface area contributed by atoms with Gasteiger partial charge in [0.2, 0.25) is 5.91 Å². The number of nitrogens with zero attached hydrogens (tertiary/aromatic N) is 1. The Morgan fingerprint density at radius 1 is 1.11 bits per heavy atom. The zero-order chi connectivity index (χ0) is 20.4. The third kappa shape index (κ3) is 8.32. The number of ether oxygens (including phenoxy) is 1. The predicted octanol–water partition coefficient (Wildman–Crippen LogP) is 1.95. The van der Waals surface area contributed by atoms with Crippen LogP contribution in [0.4, 0.5) is 10.5 Å². The van der Waals surface area contributed by atoms with E-state index in [9.17, 15) is 14.4 Å². The van der Waals surface area contributed by atoms with Gasteiger partial charge in [0.15, 0.2) is 0 Å². The Morgan fingerprint density at radius 2 is 1.74 bits per heavy atom. The van der Waals surface area contributed by atoms with E-state index in [2.05, 4.69) is 15.8 Å². The standard InChI is InChI=1S/C18H27N5O4/c1-18(2,3)15(24)11-13(22-23-17(26)21-19)7-10-16(25)20-12-5-8-14(27-4)9-6-12/h5-6,8-9H,7,10-11,19H2,1-4H3,(H,20,25)(H2,21,23,26)/b22-13-. The molecule has 0 heterocycles. The quantitative estimate of drug-likeness (QED) is 0.238. The maximum atomic E-state index is 12.2. The van der Waals surface area contributed by atoms with Gasteiger partial charge in [-0.2, -0.15) is 5.10 Å². The first-order valence-corrected chi connectivity index (χ1v) is 8.45. The molecule has 0 saturated heterocycles. The average molecular weight is 377 g/mol. The zero-order valence-corrected chi connectivity index (χ0v) is 16.1. The van der Waals surface area contributed by atoms with Crippen LogP contribution < -0.4 is 26.7 Å². The number of Topliss-reactive ketones (excluding diaryl/α,β-unsaturated/α-hetero) is 1. The highest BCUT2D eigenvalue weighted by molar-refractivity contribution is 6.05. The van der Waals surface area contributed by atoms with Crippen LogP contribution in [0.25, 0.3) is 0 Å². The summed E-state index contributed by atoms with van der Waals surface area (Å²) in [6.45, 7) is 5.38. The molecule has 0 aliphatic heterocycles. The molecule has 0 saturated carbocycles. The monoisotopic (exact) mass is 377 g/mol. The third-order valence-electron chi connectivity index (χ3n) is 3.66. The predicted molar refractivity (Wildman–Crippen MR) is 103 cm³/mol. The molecule has 1 rings (SSSR count). The van der Waals surface area contributed by atoms with E-state index < -0.39 is 11.4 Å². The van der Waals surface area contributed by atoms with Crippen LogP contribution in [0.1, 0.15) is 40.0 Å². The fourth-order valence-corrected chi connectivity index (χ4v) is 1.95. The van der Waals surface area contributed by atoms with Crippen LogP contribution in [0.3, 0.4) is 0 Å². The minimum absolute atomic E-state index is 0.0319. The molecule has 5 N–H and O–H groups in total. The molecule has 0 aliphatic rings. The molecule has 0 unspecified atom stereocenters. The Balaban J connectivity index is 2.68. The van der Waals surface area contributed by atoms with Crippen molar-refractivity contribution in [2.24, 2.45) is 16.4 Å². The van der Waals surface area contributed by atoms with Gasteiger partial charge in [0, 0.05) is 29.7 Å². The Morgan fingerprint density at radius 3 is 2.26 bits per heavy atom. The molecule has 9 nitrogen and oxygen atoms in total. The molecule has 9 heteroatoms. The van der Waals surface area contributed by atoms with Gasteiger partial charge in [0.1, 0.15) is 11.5 Å². The second-order valence-corrected chi connectivity index (χ2v) is 6.89. The van der Waals surface area contributed by atoms with Gasteiger partial charge in [0.25, 0.3) is 0 Å². The SMILES string of the molecule is COc1ccc(NC(=O)CC/C(CC(=O)C(C)(C)C)=N/NC(=O)NN)cc1. The van der Waals surface area contributed by atoms with Crippen LogP contribution in [0.2, 0.25) is 0 Å². The summed E-state index contributed by atoms with van der Waals surface area (Å²) in [7, 11) is 1.56. The fourth-order valence-electron chi connectivity index (χ4n) is 1.95. The number of nitrogens with two attached hydrogens (primary N) is 1. The number of hydrazine groups is 1. The highest BCUT2D eigenvalue weighted by Gasteiger charge is 2.23. The summed E-state index contributed by atoms with van der Waals surface area (Å²) in [4.78, 5) is 35.6. The van der Waals surface area contributed by atoms with Crippen molar-refractivity contribution in [3.8, 4) is 5.75 Å². The number of amides is 3. The third-order valence-corrected chi connectivity index (χ3v) is 3.66. The molecular formula is C18H27N5O4. The largest absolute Gasteiger partial charge is 0.497 e. The van der Waals surface area contributed by atoms with E-state index in [1.807, 2.05) is 5.43 Å². The Hall–Kier alpha value is -2.94. The molecular weight excluding hydrogens is 350 g/mol. The zero-order valence-electron chi connectivity index (χ0n) is 16.1. The van der Waals surface area contributed by atoms with Gasteiger partial charge in [-0.1, -0.05) is 20.8 Å². The van der Waals surface area contributed by atoms with Crippen molar-refractivity contribution in [1.82, 2.24) is 10.9 Å². The normalized spacial score (nSPS) is 11.5. The minimum Gasteiger partial charge on any atom is -0.497 e. The summed E-state index contributed by atoms with van der Waals surface area (Å²) in [5, 5.41) is 6.66. The summed E-state index contributed by atoms with van der Waals surface area (Å²) < 4.78 is 5.06. The smallest absolute Gasteiger partial charge is 0.349 e. The fraction of sp³-hybridized carbons (Fsp3) is 0.444. The molecule has 3 amide bonds. The van der Waals surface area contributed by atoms with Crippen molar-refractivity contribution < 1.29 is 19.1 Å². The lowest BCUT2D eigenvalue weighted by Gasteiger charge is -2.17. The maximum Gasteiger partial charge on any atom is 0.349 e. The Labute approximate surface area is 158 Å². The maximum absolute atomic E-state index is 12.2. The van der Waals surface area contributed by atoms with E-state index in [0.717, 1.165) is 0 Å². The van der Waals surface area contributed by atoms with E-state index in [-0.39, 0.29) is 31.0 Å². The Kier molecular flexibility index (Phi) is 8.40. The number of hydrogen-bond donors (Lipinski definition) is 4. The lowest BCUT2D eigenvalue weighted by atomic mass is 9.87. The van der Waals surface area contributed by atoms with E-state index in [1.165, 1.54) is 0 Å². The molecule has 0 atom stereocenters. The lowest BCUT2D eigenvalue weighted by Crippen LogP contribution is -2.38. The lowest BCUT2D eigenvalue weighted by molar-refractivity contribution is -0.125. The first-order chi connectivity index (χ1) is 12.7. The molecule has 1 aromatic carbocycles. The van der Waals surface area contributed by atoms with Gasteiger partial charge in [-0.05, 0) is 30.7 Å². The number of urea groups is 1. The number of hydrogen-bond acceptors (Lipinski definition) is 6. The number of anilines is 1. The molecule has 0 bridgehead atoms. The second kappa shape index (κ2) is 10.3. The second-order valence-electron chi connectivity index (χ2n) is 6.89. The highest BCUT2D eigenvalue weighted by atomic mass is 16.5.